The van der Waals surface area contributed by atoms with Gasteiger partial charge in [0.2, 0.25) is 23.6 Å². The Morgan fingerprint density at radius 3 is 1.35 bits per heavy atom. The van der Waals surface area contributed by atoms with E-state index >= 15 is 0 Å². The van der Waals surface area contributed by atoms with E-state index in [9.17, 15) is 19.2 Å². The number of rotatable bonds is 12. The molecule has 0 aromatic rings. The zero-order valence-corrected chi connectivity index (χ0v) is 24.0. The average molecular weight is 556 g/mol. The Kier molecular flexibility index (Phi) is 7.87. The van der Waals surface area contributed by atoms with Crippen LogP contribution in [0.3, 0.4) is 0 Å². The fourth-order valence-electron chi connectivity index (χ4n) is 10.5. The summed E-state index contributed by atoms with van der Waals surface area (Å²) in [7, 11) is 0. The first-order chi connectivity index (χ1) is 19.2. The van der Waals surface area contributed by atoms with Crippen molar-refractivity contribution in [2.45, 2.75) is 120 Å². The molecule has 6 N–H and O–H groups in total. The molecule has 8 bridgehead atoms. The lowest BCUT2D eigenvalue weighted by Gasteiger charge is -2.57. The normalized spacial score (nSPS) is 39.0. The van der Waals surface area contributed by atoms with Gasteiger partial charge < -0.3 is 27.0 Å². The van der Waals surface area contributed by atoms with Crippen LogP contribution in [0, 0.1) is 35.5 Å². The molecule has 0 aliphatic heterocycles. The molecular weight excluding hydrogens is 506 g/mol. The second kappa shape index (κ2) is 11.3. The summed E-state index contributed by atoms with van der Waals surface area (Å²) in [6, 6.07) is -0.809. The summed E-state index contributed by atoms with van der Waals surface area (Å²) in [5.74, 6) is 4.10. The summed E-state index contributed by atoms with van der Waals surface area (Å²) in [4.78, 5) is 50.0. The molecule has 8 fully saturated rings. The molecule has 40 heavy (non-hydrogen) atoms. The van der Waals surface area contributed by atoms with Crippen LogP contribution in [0.2, 0.25) is 0 Å². The molecule has 0 heterocycles. The van der Waals surface area contributed by atoms with E-state index in [1.807, 2.05) is 0 Å². The van der Waals surface area contributed by atoms with E-state index in [2.05, 4.69) is 21.3 Å². The van der Waals surface area contributed by atoms with Crippen LogP contribution in [-0.2, 0) is 19.2 Å². The van der Waals surface area contributed by atoms with Gasteiger partial charge in [0.15, 0.2) is 0 Å². The second-order valence-electron chi connectivity index (χ2n) is 14.8. The molecule has 0 radical (unpaired) electrons. The molecule has 4 amide bonds. The van der Waals surface area contributed by atoms with E-state index in [4.69, 9.17) is 5.73 Å². The highest BCUT2D eigenvalue weighted by atomic mass is 16.2. The summed E-state index contributed by atoms with van der Waals surface area (Å²) < 4.78 is 0. The van der Waals surface area contributed by atoms with Crippen LogP contribution in [-0.4, -0.2) is 53.8 Å². The molecule has 8 saturated carbocycles. The summed E-state index contributed by atoms with van der Waals surface area (Å²) in [5.41, 5.74) is 5.98. The first-order valence-corrected chi connectivity index (χ1v) is 16.1. The third-order valence-corrected chi connectivity index (χ3v) is 11.2. The molecule has 222 valence electrons. The summed E-state index contributed by atoms with van der Waals surface area (Å²) in [5, 5.41) is 12.2. The van der Waals surface area contributed by atoms with Gasteiger partial charge in [0, 0.05) is 43.4 Å². The summed E-state index contributed by atoms with van der Waals surface area (Å²) >= 11 is 0. The van der Waals surface area contributed by atoms with Crippen molar-refractivity contribution in [1.29, 1.82) is 0 Å². The third kappa shape index (κ3) is 6.34. The van der Waals surface area contributed by atoms with Crippen molar-refractivity contribution in [3.8, 4) is 0 Å². The van der Waals surface area contributed by atoms with Crippen LogP contribution >= 0.6 is 0 Å². The molecule has 9 heteroatoms. The van der Waals surface area contributed by atoms with Crippen molar-refractivity contribution in [2.24, 2.45) is 41.2 Å². The van der Waals surface area contributed by atoms with Crippen molar-refractivity contribution in [3.05, 3.63) is 0 Å². The van der Waals surface area contributed by atoms with E-state index in [1.54, 1.807) is 0 Å². The Morgan fingerprint density at radius 1 is 0.575 bits per heavy atom. The highest BCUT2D eigenvalue weighted by Crippen LogP contribution is 2.56. The van der Waals surface area contributed by atoms with E-state index in [-0.39, 0.29) is 73.5 Å². The number of hydrogen-bond acceptors (Lipinski definition) is 5. The van der Waals surface area contributed by atoms with Gasteiger partial charge in [-0.3, -0.25) is 19.2 Å². The van der Waals surface area contributed by atoms with Gasteiger partial charge in [0.1, 0.15) is 0 Å². The molecule has 0 aromatic carbocycles. The first-order valence-electron chi connectivity index (χ1n) is 16.1. The quantitative estimate of drug-likeness (QED) is 0.251. The molecule has 0 spiro atoms. The molecule has 0 aromatic heterocycles. The maximum Gasteiger partial charge on any atom is 0.236 e. The van der Waals surface area contributed by atoms with E-state index < -0.39 is 6.04 Å². The third-order valence-electron chi connectivity index (χ3n) is 11.2. The number of hydrogen-bond donors (Lipinski definition) is 5. The number of carbonyl (C=O) groups is 4. The largest absolute Gasteiger partial charge is 0.356 e. The minimum absolute atomic E-state index is 0.00225. The van der Waals surface area contributed by atoms with E-state index in [0.717, 1.165) is 74.0 Å². The lowest BCUT2D eigenvalue weighted by Crippen LogP contribution is -2.60. The first kappa shape index (κ1) is 28.0. The Balaban J connectivity index is 0.825. The van der Waals surface area contributed by atoms with Crippen LogP contribution in [0.25, 0.3) is 0 Å². The molecule has 1 atom stereocenters. The molecule has 0 saturated heterocycles. The Hall–Kier alpha value is -2.16. The van der Waals surface area contributed by atoms with Gasteiger partial charge in [-0.1, -0.05) is 0 Å². The van der Waals surface area contributed by atoms with Gasteiger partial charge >= 0.3 is 0 Å². The zero-order chi connectivity index (χ0) is 27.9. The fraction of sp³-hybridized carbons (Fsp3) is 0.871. The molecule has 8 aliphatic carbocycles. The highest BCUT2D eigenvalue weighted by Gasteiger charge is 2.52. The maximum atomic E-state index is 12.6. The predicted molar refractivity (Wildman–Crippen MR) is 151 cm³/mol. The minimum atomic E-state index is -0.809. The standard InChI is InChI=1S/C31H49N5O4/c32-25(29(40)34-6-4-28(39)36-31-16-22-10-23(17-31)12-24(11-22)18-31)1-2-26(37)33-5-3-27(38)35-30-13-19-7-20(14-30)9-21(8-19)15-30/h19-25H,1-18,32H2,(H,33,37)(H,34,40)(H,35,38)(H,36,39). The van der Waals surface area contributed by atoms with Crippen LogP contribution in [0.5, 0.6) is 0 Å². The van der Waals surface area contributed by atoms with Crippen LogP contribution in [0.4, 0.5) is 0 Å². The summed E-state index contributed by atoms with van der Waals surface area (Å²) in [6.07, 6.45) is 15.5. The minimum Gasteiger partial charge on any atom is -0.356 e. The number of amides is 4. The van der Waals surface area contributed by atoms with Crippen molar-refractivity contribution >= 4 is 23.6 Å². The van der Waals surface area contributed by atoms with Crippen molar-refractivity contribution in [2.75, 3.05) is 13.1 Å². The monoisotopic (exact) mass is 555 g/mol. The van der Waals surface area contributed by atoms with E-state index in [1.165, 1.54) is 38.5 Å². The Morgan fingerprint density at radius 2 is 0.950 bits per heavy atom. The highest BCUT2D eigenvalue weighted by molar-refractivity contribution is 5.84. The SMILES string of the molecule is NC(CCC(=O)NCCC(=O)NC12CC3CC(CC(C3)C1)C2)C(=O)NCCC(=O)NC12CC3CC(CC(C3)C1)C2. The van der Waals surface area contributed by atoms with Gasteiger partial charge in [-0.25, -0.2) is 0 Å². The molecular formula is C31H49N5O4. The van der Waals surface area contributed by atoms with Gasteiger partial charge in [0.05, 0.1) is 6.04 Å². The van der Waals surface area contributed by atoms with Crippen molar-refractivity contribution in [1.82, 2.24) is 21.3 Å². The van der Waals surface area contributed by atoms with Gasteiger partial charge in [-0.05, 0) is 119 Å². The fourth-order valence-corrected chi connectivity index (χ4v) is 10.5. The van der Waals surface area contributed by atoms with Crippen LogP contribution < -0.4 is 27.0 Å². The van der Waals surface area contributed by atoms with E-state index in [0.29, 0.717) is 0 Å². The molecule has 8 aliphatic rings. The number of nitrogens with two attached hydrogens (primary N) is 1. The maximum absolute atomic E-state index is 12.6. The number of carbonyl (C=O) groups excluding carboxylic acids is 4. The topological polar surface area (TPSA) is 142 Å². The van der Waals surface area contributed by atoms with Crippen molar-refractivity contribution in [3.63, 3.8) is 0 Å². The molecule has 9 nitrogen and oxygen atoms in total. The van der Waals surface area contributed by atoms with Crippen LogP contribution in [0.1, 0.15) is 103 Å². The Bertz CT molecular complexity index is 941. The lowest BCUT2D eigenvalue weighted by molar-refractivity contribution is -0.128. The predicted octanol–water partition coefficient (Wildman–Crippen LogP) is 2.28. The smallest absolute Gasteiger partial charge is 0.236 e. The van der Waals surface area contributed by atoms with Gasteiger partial charge in [-0.2, -0.15) is 0 Å². The lowest BCUT2D eigenvalue weighted by atomic mass is 9.53. The summed E-state index contributed by atoms with van der Waals surface area (Å²) in [6.45, 7) is 0.535. The van der Waals surface area contributed by atoms with Crippen molar-refractivity contribution < 1.29 is 19.2 Å². The second-order valence-corrected chi connectivity index (χ2v) is 14.8. The zero-order valence-electron chi connectivity index (χ0n) is 24.0. The molecule has 8 rings (SSSR count). The average Bonchev–Trinajstić information content (AvgIpc) is 2.85. The van der Waals surface area contributed by atoms with Crippen LogP contribution in [0.15, 0.2) is 0 Å². The van der Waals surface area contributed by atoms with Gasteiger partial charge in [-0.15, -0.1) is 0 Å². The van der Waals surface area contributed by atoms with Gasteiger partial charge in [0.25, 0.3) is 0 Å². The molecule has 1 unspecified atom stereocenters. The Labute approximate surface area is 238 Å². The number of nitrogens with one attached hydrogen (secondary N) is 4.